The second kappa shape index (κ2) is 6.90. The number of ether oxygens (including phenoxy) is 2. The monoisotopic (exact) mass is 224 g/mol. The fraction of sp³-hybridized carbons (Fsp3) is 0.545. The highest BCUT2D eigenvalue weighted by Gasteiger charge is 2.06. The van der Waals surface area contributed by atoms with Crippen LogP contribution in [0.3, 0.4) is 0 Å². The molecule has 0 aliphatic heterocycles. The van der Waals surface area contributed by atoms with Gasteiger partial charge in [-0.2, -0.15) is 0 Å². The summed E-state index contributed by atoms with van der Waals surface area (Å²) in [6.45, 7) is 3.01. The van der Waals surface area contributed by atoms with Crippen LogP contribution < -0.4 is 4.74 Å². The Morgan fingerprint density at radius 2 is 2.25 bits per heavy atom. The molecule has 0 atom stereocenters. The molecule has 88 valence electrons. The quantitative estimate of drug-likeness (QED) is 0.647. The van der Waals surface area contributed by atoms with E-state index in [2.05, 4.69) is 9.97 Å². The molecule has 0 aliphatic carbocycles. The Balaban J connectivity index is 2.43. The molecule has 0 saturated carbocycles. The molecule has 0 saturated heterocycles. The highest BCUT2D eigenvalue weighted by Crippen LogP contribution is 2.07. The molecule has 0 amide bonds. The predicted molar refractivity (Wildman–Crippen MR) is 58.4 cm³/mol. The maximum atomic E-state index is 11.5. The average molecular weight is 224 g/mol. The fourth-order valence-corrected chi connectivity index (χ4v) is 1.21. The van der Waals surface area contributed by atoms with Crippen molar-refractivity contribution < 1.29 is 14.3 Å². The highest BCUT2D eigenvalue weighted by molar-refractivity contribution is 5.80. The van der Waals surface area contributed by atoms with Crippen molar-refractivity contribution in [2.45, 2.75) is 19.8 Å². The molecular formula is C11H16N2O3. The van der Waals surface area contributed by atoms with Gasteiger partial charge in [-0.25, -0.2) is 9.97 Å². The summed E-state index contributed by atoms with van der Waals surface area (Å²) in [7, 11) is 1.53. The van der Waals surface area contributed by atoms with Crippen molar-refractivity contribution in [3.63, 3.8) is 0 Å². The van der Waals surface area contributed by atoms with Crippen molar-refractivity contribution >= 4 is 5.78 Å². The minimum Gasteiger partial charge on any atom is -0.481 e. The Morgan fingerprint density at radius 3 is 2.94 bits per heavy atom. The summed E-state index contributed by atoms with van der Waals surface area (Å²) in [5.74, 6) is 0.580. The van der Waals surface area contributed by atoms with Crippen LogP contribution in [0.25, 0.3) is 0 Å². The van der Waals surface area contributed by atoms with Crippen molar-refractivity contribution in [3.8, 4) is 5.88 Å². The van der Waals surface area contributed by atoms with E-state index in [1.807, 2.05) is 6.92 Å². The summed E-state index contributed by atoms with van der Waals surface area (Å²) in [5, 5.41) is 0. The van der Waals surface area contributed by atoms with Gasteiger partial charge in [0, 0.05) is 25.5 Å². The van der Waals surface area contributed by atoms with Crippen LogP contribution in [-0.2, 0) is 16.0 Å². The van der Waals surface area contributed by atoms with Gasteiger partial charge >= 0.3 is 0 Å². The lowest BCUT2D eigenvalue weighted by Crippen LogP contribution is -2.08. The van der Waals surface area contributed by atoms with E-state index in [0.29, 0.717) is 37.6 Å². The Bertz CT molecular complexity index is 342. The minimum absolute atomic E-state index is 0.106. The zero-order chi connectivity index (χ0) is 11.8. The van der Waals surface area contributed by atoms with Gasteiger partial charge in [0.05, 0.1) is 19.4 Å². The summed E-state index contributed by atoms with van der Waals surface area (Å²) in [4.78, 5) is 19.4. The molecule has 0 fully saturated rings. The number of rotatable bonds is 7. The van der Waals surface area contributed by atoms with Gasteiger partial charge in [-0.15, -0.1) is 0 Å². The van der Waals surface area contributed by atoms with Crippen LogP contribution in [-0.4, -0.2) is 36.1 Å². The van der Waals surface area contributed by atoms with Crippen LogP contribution in [0, 0.1) is 0 Å². The molecule has 1 heterocycles. The molecule has 1 rings (SSSR count). The Hall–Kier alpha value is -1.49. The van der Waals surface area contributed by atoms with Crippen LogP contribution in [0.15, 0.2) is 12.4 Å². The van der Waals surface area contributed by atoms with Crippen molar-refractivity contribution in [2.24, 2.45) is 0 Å². The largest absolute Gasteiger partial charge is 0.481 e. The lowest BCUT2D eigenvalue weighted by molar-refractivity contribution is -0.119. The standard InChI is InChI=1S/C11H16N2O3/c1-3-16-5-4-10(14)6-9-7-11(15-2)13-8-12-9/h7-8H,3-6H2,1-2H3. The molecule has 0 bridgehead atoms. The number of carbonyl (C=O) groups excluding carboxylic acids is 1. The molecule has 0 spiro atoms. The summed E-state index contributed by atoms with van der Waals surface area (Å²) >= 11 is 0. The molecule has 0 unspecified atom stereocenters. The van der Waals surface area contributed by atoms with E-state index in [1.165, 1.54) is 13.4 Å². The van der Waals surface area contributed by atoms with E-state index in [9.17, 15) is 4.79 Å². The maximum absolute atomic E-state index is 11.5. The molecular weight excluding hydrogens is 208 g/mol. The second-order valence-corrected chi connectivity index (χ2v) is 3.21. The lowest BCUT2D eigenvalue weighted by atomic mass is 10.2. The van der Waals surface area contributed by atoms with Gasteiger partial charge in [-0.1, -0.05) is 0 Å². The molecule has 5 nitrogen and oxygen atoms in total. The molecule has 1 aromatic heterocycles. The average Bonchev–Trinajstić information content (AvgIpc) is 2.29. The minimum atomic E-state index is 0.106. The predicted octanol–water partition coefficient (Wildman–Crippen LogP) is 1.02. The van der Waals surface area contributed by atoms with Crippen molar-refractivity contribution in [2.75, 3.05) is 20.3 Å². The molecule has 5 heteroatoms. The molecule has 0 aromatic carbocycles. The van der Waals surface area contributed by atoms with Crippen LogP contribution in [0.4, 0.5) is 0 Å². The Labute approximate surface area is 94.8 Å². The van der Waals surface area contributed by atoms with Gasteiger partial charge in [0.15, 0.2) is 0 Å². The van der Waals surface area contributed by atoms with Gasteiger partial charge in [0.1, 0.15) is 12.1 Å². The topological polar surface area (TPSA) is 61.3 Å². The first-order valence-electron chi connectivity index (χ1n) is 5.20. The van der Waals surface area contributed by atoms with E-state index >= 15 is 0 Å². The van der Waals surface area contributed by atoms with Crippen molar-refractivity contribution in [1.29, 1.82) is 0 Å². The second-order valence-electron chi connectivity index (χ2n) is 3.21. The van der Waals surface area contributed by atoms with Gasteiger partial charge in [-0.05, 0) is 6.92 Å². The van der Waals surface area contributed by atoms with Crippen molar-refractivity contribution in [1.82, 2.24) is 9.97 Å². The van der Waals surface area contributed by atoms with E-state index in [0.717, 1.165) is 0 Å². The van der Waals surface area contributed by atoms with Crippen LogP contribution in [0.2, 0.25) is 0 Å². The van der Waals surface area contributed by atoms with E-state index in [1.54, 1.807) is 6.07 Å². The Morgan fingerprint density at radius 1 is 1.44 bits per heavy atom. The highest BCUT2D eigenvalue weighted by atomic mass is 16.5. The number of hydrogen-bond acceptors (Lipinski definition) is 5. The third-order valence-corrected chi connectivity index (χ3v) is 2.02. The van der Waals surface area contributed by atoms with Crippen LogP contribution in [0.1, 0.15) is 19.0 Å². The molecule has 16 heavy (non-hydrogen) atoms. The number of hydrogen-bond donors (Lipinski definition) is 0. The summed E-state index contributed by atoms with van der Waals surface area (Å²) in [5.41, 5.74) is 0.674. The van der Waals surface area contributed by atoms with E-state index in [-0.39, 0.29) is 5.78 Å². The van der Waals surface area contributed by atoms with E-state index in [4.69, 9.17) is 9.47 Å². The summed E-state index contributed by atoms with van der Waals surface area (Å²) in [6.07, 6.45) is 2.11. The zero-order valence-corrected chi connectivity index (χ0v) is 9.60. The first kappa shape index (κ1) is 12.6. The lowest BCUT2D eigenvalue weighted by Gasteiger charge is -2.02. The smallest absolute Gasteiger partial charge is 0.216 e. The molecule has 0 radical (unpaired) electrons. The summed E-state index contributed by atoms with van der Waals surface area (Å²) in [6, 6.07) is 1.67. The van der Waals surface area contributed by atoms with Gasteiger partial charge in [0.25, 0.3) is 0 Å². The first-order valence-corrected chi connectivity index (χ1v) is 5.20. The van der Waals surface area contributed by atoms with Gasteiger partial charge in [-0.3, -0.25) is 4.79 Å². The van der Waals surface area contributed by atoms with Crippen LogP contribution in [0.5, 0.6) is 5.88 Å². The number of ketones is 1. The fourth-order valence-electron chi connectivity index (χ4n) is 1.21. The third-order valence-electron chi connectivity index (χ3n) is 2.02. The number of methoxy groups -OCH3 is 1. The molecule has 0 aliphatic rings. The SMILES string of the molecule is CCOCCC(=O)Cc1cc(OC)ncn1. The summed E-state index contributed by atoms with van der Waals surface area (Å²) < 4.78 is 10.1. The van der Waals surface area contributed by atoms with E-state index < -0.39 is 0 Å². The number of nitrogens with zero attached hydrogens (tertiary/aromatic N) is 2. The zero-order valence-electron chi connectivity index (χ0n) is 9.60. The first-order chi connectivity index (χ1) is 7.76. The third kappa shape index (κ3) is 4.35. The number of aromatic nitrogens is 2. The van der Waals surface area contributed by atoms with Crippen LogP contribution >= 0.6 is 0 Å². The normalized spacial score (nSPS) is 10.1. The Kier molecular flexibility index (Phi) is 5.42. The van der Waals surface area contributed by atoms with Gasteiger partial charge in [0.2, 0.25) is 5.88 Å². The van der Waals surface area contributed by atoms with Crippen molar-refractivity contribution in [3.05, 3.63) is 18.1 Å². The number of carbonyl (C=O) groups is 1. The number of Topliss-reactive ketones (excluding diaryl/α,β-unsaturated/α-hetero) is 1. The molecule has 0 N–H and O–H groups in total. The molecule has 1 aromatic rings. The van der Waals surface area contributed by atoms with Gasteiger partial charge < -0.3 is 9.47 Å². The maximum Gasteiger partial charge on any atom is 0.216 e.